The van der Waals surface area contributed by atoms with Crippen LogP contribution in [0.3, 0.4) is 0 Å². The van der Waals surface area contributed by atoms with E-state index in [0.717, 1.165) is 23.5 Å². The lowest BCUT2D eigenvalue weighted by molar-refractivity contribution is 0.953. The Hall–Kier alpha value is -2.60. The molecule has 3 heteroatoms. The van der Waals surface area contributed by atoms with Crippen molar-refractivity contribution in [2.45, 2.75) is 12.8 Å². The van der Waals surface area contributed by atoms with Gasteiger partial charge in [0.1, 0.15) is 5.82 Å². The highest BCUT2D eigenvalue weighted by atomic mass is 15.0. The van der Waals surface area contributed by atoms with Gasteiger partial charge in [-0.2, -0.15) is 5.26 Å². The first-order valence-corrected chi connectivity index (χ1v) is 6.24. The van der Waals surface area contributed by atoms with Crippen LogP contribution in [0.15, 0.2) is 54.7 Å². The van der Waals surface area contributed by atoms with Gasteiger partial charge < -0.3 is 4.40 Å². The van der Waals surface area contributed by atoms with E-state index in [4.69, 9.17) is 5.26 Å². The van der Waals surface area contributed by atoms with Gasteiger partial charge in [-0.3, -0.25) is 0 Å². The quantitative estimate of drug-likeness (QED) is 0.714. The first-order chi connectivity index (χ1) is 9.38. The van der Waals surface area contributed by atoms with Gasteiger partial charge in [-0.15, -0.1) is 0 Å². The van der Waals surface area contributed by atoms with E-state index in [1.807, 2.05) is 42.6 Å². The Morgan fingerprint density at radius 1 is 1.05 bits per heavy atom. The summed E-state index contributed by atoms with van der Waals surface area (Å²) >= 11 is 0. The standard InChI is InChI=1S/C16H13N3/c17-10-9-14-15-8-4-5-11-19(15)16(18-14)12-13-6-2-1-3-7-13/h1-8,11H,9,12H2. The van der Waals surface area contributed by atoms with Crippen molar-refractivity contribution in [1.82, 2.24) is 9.38 Å². The van der Waals surface area contributed by atoms with E-state index in [0.29, 0.717) is 6.42 Å². The summed E-state index contributed by atoms with van der Waals surface area (Å²) < 4.78 is 2.07. The zero-order valence-electron chi connectivity index (χ0n) is 10.5. The summed E-state index contributed by atoms with van der Waals surface area (Å²) in [6.07, 6.45) is 3.13. The van der Waals surface area contributed by atoms with Crippen LogP contribution in [-0.2, 0) is 12.8 Å². The molecular formula is C16H13N3. The van der Waals surface area contributed by atoms with Crippen molar-refractivity contribution in [1.29, 1.82) is 5.26 Å². The summed E-state index contributed by atoms with van der Waals surface area (Å²) in [4.78, 5) is 4.61. The molecule has 0 spiro atoms. The highest BCUT2D eigenvalue weighted by Gasteiger charge is 2.10. The number of hydrogen-bond acceptors (Lipinski definition) is 2. The van der Waals surface area contributed by atoms with Crippen LogP contribution in [0.1, 0.15) is 17.1 Å². The Labute approximate surface area is 111 Å². The van der Waals surface area contributed by atoms with Crippen LogP contribution in [-0.4, -0.2) is 9.38 Å². The SMILES string of the molecule is N#CCc1nc(Cc2ccccc2)n2ccccc12. The van der Waals surface area contributed by atoms with Crippen LogP contribution < -0.4 is 0 Å². The topological polar surface area (TPSA) is 41.1 Å². The molecular weight excluding hydrogens is 234 g/mol. The molecule has 0 aliphatic carbocycles. The van der Waals surface area contributed by atoms with Crippen molar-refractivity contribution in [3.8, 4) is 6.07 Å². The van der Waals surface area contributed by atoms with Crippen LogP contribution in [0.25, 0.3) is 5.52 Å². The summed E-state index contributed by atoms with van der Waals surface area (Å²) in [7, 11) is 0. The minimum atomic E-state index is 0.350. The predicted molar refractivity (Wildman–Crippen MR) is 73.8 cm³/mol. The fourth-order valence-electron chi connectivity index (χ4n) is 2.28. The van der Waals surface area contributed by atoms with Gasteiger partial charge >= 0.3 is 0 Å². The van der Waals surface area contributed by atoms with E-state index in [1.54, 1.807) is 0 Å². The molecule has 1 aromatic carbocycles. The number of imidazole rings is 1. The first kappa shape index (κ1) is 11.5. The number of nitriles is 1. The lowest BCUT2D eigenvalue weighted by Crippen LogP contribution is -1.95. The van der Waals surface area contributed by atoms with Gasteiger partial charge in [0.25, 0.3) is 0 Å². The van der Waals surface area contributed by atoms with Gasteiger partial charge in [-0.1, -0.05) is 36.4 Å². The molecule has 0 fully saturated rings. The molecule has 0 amide bonds. The Morgan fingerprint density at radius 3 is 2.63 bits per heavy atom. The Morgan fingerprint density at radius 2 is 1.84 bits per heavy atom. The van der Waals surface area contributed by atoms with E-state index in [9.17, 15) is 0 Å². The van der Waals surface area contributed by atoms with Crippen LogP contribution in [0.4, 0.5) is 0 Å². The number of rotatable bonds is 3. The molecule has 0 saturated heterocycles. The van der Waals surface area contributed by atoms with Crippen LogP contribution >= 0.6 is 0 Å². The molecule has 0 saturated carbocycles. The summed E-state index contributed by atoms with van der Waals surface area (Å²) in [6, 6.07) is 18.4. The number of nitrogens with zero attached hydrogens (tertiary/aromatic N) is 3. The molecule has 0 atom stereocenters. The molecule has 3 aromatic rings. The fraction of sp³-hybridized carbons (Fsp3) is 0.125. The third-order valence-corrected chi connectivity index (χ3v) is 3.15. The number of hydrogen-bond donors (Lipinski definition) is 0. The Balaban J connectivity index is 2.07. The lowest BCUT2D eigenvalue weighted by Gasteiger charge is -2.01. The molecule has 0 radical (unpaired) electrons. The van der Waals surface area contributed by atoms with E-state index in [2.05, 4.69) is 27.6 Å². The van der Waals surface area contributed by atoms with Crippen LogP contribution in [0.5, 0.6) is 0 Å². The minimum Gasteiger partial charge on any atom is -0.303 e. The van der Waals surface area contributed by atoms with E-state index in [1.165, 1.54) is 5.56 Å². The highest BCUT2D eigenvalue weighted by molar-refractivity contribution is 5.54. The normalized spacial score (nSPS) is 10.5. The van der Waals surface area contributed by atoms with Crippen LogP contribution in [0.2, 0.25) is 0 Å². The van der Waals surface area contributed by atoms with Gasteiger partial charge in [0.2, 0.25) is 0 Å². The van der Waals surface area contributed by atoms with Gasteiger partial charge in [-0.05, 0) is 17.7 Å². The molecule has 0 aliphatic rings. The second-order valence-corrected chi connectivity index (χ2v) is 4.43. The van der Waals surface area contributed by atoms with E-state index < -0.39 is 0 Å². The summed E-state index contributed by atoms with van der Waals surface area (Å²) in [5.74, 6) is 0.979. The summed E-state index contributed by atoms with van der Waals surface area (Å²) in [6.45, 7) is 0. The van der Waals surface area contributed by atoms with Crippen molar-refractivity contribution in [3.63, 3.8) is 0 Å². The third kappa shape index (κ3) is 2.21. The summed E-state index contributed by atoms with van der Waals surface area (Å²) in [5.41, 5.74) is 3.10. The second kappa shape index (κ2) is 4.95. The number of fused-ring (bicyclic) bond motifs is 1. The van der Waals surface area contributed by atoms with Crippen molar-refractivity contribution < 1.29 is 0 Å². The fourth-order valence-corrected chi connectivity index (χ4v) is 2.28. The van der Waals surface area contributed by atoms with E-state index >= 15 is 0 Å². The maximum absolute atomic E-state index is 8.88. The number of pyridine rings is 1. The summed E-state index contributed by atoms with van der Waals surface area (Å²) in [5, 5.41) is 8.88. The van der Waals surface area contributed by atoms with E-state index in [-0.39, 0.29) is 0 Å². The van der Waals surface area contributed by atoms with Gasteiger partial charge in [0.15, 0.2) is 0 Å². The zero-order chi connectivity index (χ0) is 13.1. The molecule has 2 heterocycles. The monoisotopic (exact) mass is 247 g/mol. The molecule has 92 valence electrons. The number of benzene rings is 1. The second-order valence-electron chi connectivity index (χ2n) is 4.43. The van der Waals surface area contributed by atoms with Crippen molar-refractivity contribution in [3.05, 3.63) is 71.8 Å². The smallest absolute Gasteiger partial charge is 0.118 e. The zero-order valence-corrected chi connectivity index (χ0v) is 10.5. The molecule has 0 bridgehead atoms. The van der Waals surface area contributed by atoms with Gasteiger partial charge in [0, 0.05) is 12.6 Å². The maximum atomic E-state index is 8.88. The molecule has 0 N–H and O–H groups in total. The highest BCUT2D eigenvalue weighted by Crippen LogP contribution is 2.16. The van der Waals surface area contributed by atoms with Gasteiger partial charge in [-0.25, -0.2) is 4.98 Å². The predicted octanol–water partition coefficient (Wildman–Crippen LogP) is 2.99. The van der Waals surface area contributed by atoms with Crippen LogP contribution in [0, 0.1) is 11.3 Å². The molecule has 0 aliphatic heterocycles. The van der Waals surface area contributed by atoms with Crippen molar-refractivity contribution >= 4 is 5.52 Å². The molecule has 0 unspecified atom stereocenters. The van der Waals surface area contributed by atoms with Crippen molar-refractivity contribution in [2.24, 2.45) is 0 Å². The molecule has 3 nitrogen and oxygen atoms in total. The van der Waals surface area contributed by atoms with Crippen molar-refractivity contribution in [2.75, 3.05) is 0 Å². The Kier molecular flexibility index (Phi) is 2.99. The largest absolute Gasteiger partial charge is 0.303 e. The minimum absolute atomic E-state index is 0.350. The number of aromatic nitrogens is 2. The average molecular weight is 247 g/mol. The molecule has 3 rings (SSSR count). The average Bonchev–Trinajstić information content (AvgIpc) is 2.79. The third-order valence-electron chi connectivity index (χ3n) is 3.15. The first-order valence-electron chi connectivity index (χ1n) is 6.24. The van der Waals surface area contributed by atoms with Gasteiger partial charge in [0.05, 0.1) is 23.7 Å². The molecule has 2 aromatic heterocycles. The Bertz CT molecular complexity index is 736. The maximum Gasteiger partial charge on any atom is 0.118 e. The molecule has 19 heavy (non-hydrogen) atoms. The lowest BCUT2D eigenvalue weighted by atomic mass is 10.1.